The van der Waals surface area contributed by atoms with E-state index in [2.05, 4.69) is 10.1 Å². The van der Waals surface area contributed by atoms with Crippen molar-refractivity contribution in [3.05, 3.63) is 47.4 Å². The van der Waals surface area contributed by atoms with Crippen LogP contribution in [0.25, 0.3) is 0 Å². The van der Waals surface area contributed by atoms with Crippen molar-refractivity contribution in [3.8, 4) is 11.5 Å². The molecule has 3 amide bonds. The average molecular weight is 386 g/mol. The van der Waals surface area contributed by atoms with Gasteiger partial charge in [0.1, 0.15) is 11.3 Å². The van der Waals surface area contributed by atoms with Crippen LogP contribution < -0.4 is 14.8 Å². The average Bonchev–Trinajstić information content (AvgIpc) is 3.37. The zero-order valence-electron chi connectivity index (χ0n) is 15.3. The second kappa shape index (κ2) is 6.59. The van der Waals surface area contributed by atoms with Gasteiger partial charge in [0.25, 0.3) is 5.91 Å². The number of furan rings is 1. The number of hydrogen-bond acceptors (Lipinski definition) is 7. The van der Waals surface area contributed by atoms with Crippen molar-refractivity contribution in [3.63, 3.8) is 0 Å². The van der Waals surface area contributed by atoms with Gasteiger partial charge in [0.05, 0.1) is 13.7 Å². The molecule has 9 nitrogen and oxygen atoms in total. The Morgan fingerprint density at radius 3 is 2.79 bits per heavy atom. The zero-order chi connectivity index (χ0) is 19.9. The molecule has 1 aromatic heterocycles. The minimum Gasteiger partial charge on any atom is -0.463 e. The molecule has 0 spiro atoms. The van der Waals surface area contributed by atoms with E-state index in [0.717, 1.165) is 10.5 Å². The molecule has 2 aromatic rings. The van der Waals surface area contributed by atoms with Crippen LogP contribution in [0.2, 0.25) is 0 Å². The summed E-state index contributed by atoms with van der Waals surface area (Å²) in [5, 5.41) is 2.74. The molecule has 0 aliphatic carbocycles. The number of carbonyl (C=O) groups excluding carboxylic acids is 3. The van der Waals surface area contributed by atoms with Gasteiger partial charge in [-0.05, 0) is 36.8 Å². The van der Waals surface area contributed by atoms with E-state index >= 15 is 0 Å². The van der Waals surface area contributed by atoms with Gasteiger partial charge >= 0.3 is 12.0 Å². The third-order valence-electron chi connectivity index (χ3n) is 4.70. The predicted octanol–water partition coefficient (Wildman–Crippen LogP) is 1.85. The maximum Gasteiger partial charge on any atom is 0.373 e. The summed E-state index contributed by atoms with van der Waals surface area (Å²) >= 11 is 0. The Hall–Kier alpha value is -3.49. The minimum atomic E-state index is -1.11. The Morgan fingerprint density at radius 2 is 2.00 bits per heavy atom. The number of esters is 1. The van der Waals surface area contributed by atoms with Gasteiger partial charge in [-0.25, -0.2) is 9.59 Å². The fourth-order valence-electron chi connectivity index (χ4n) is 3.30. The number of amides is 3. The molecule has 4 rings (SSSR count). The Kier molecular flexibility index (Phi) is 4.21. The van der Waals surface area contributed by atoms with Gasteiger partial charge in [-0.2, -0.15) is 0 Å². The van der Waals surface area contributed by atoms with E-state index in [1.807, 2.05) is 6.07 Å². The van der Waals surface area contributed by atoms with Crippen molar-refractivity contribution in [1.29, 1.82) is 0 Å². The third-order valence-corrected chi connectivity index (χ3v) is 4.70. The monoisotopic (exact) mass is 386 g/mol. The van der Waals surface area contributed by atoms with Crippen LogP contribution in [0, 0.1) is 0 Å². The van der Waals surface area contributed by atoms with Gasteiger partial charge in [0.2, 0.25) is 12.6 Å². The number of nitrogens with one attached hydrogen (secondary N) is 1. The lowest BCUT2D eigenvalue weighted by atomic mass is 9.92. The maximum atomic E-state index is 12.9. The van der Waals surface area contributed by atoms with Crippen molar-refractivity contribution >= 4 is 17.9 Å². The molecule has 1 atom stereocenters. The molecule has 2 aliphatic heterocycles. The van der Waals surface area contributed by atoms with Gasteiger partial charge < -0.3 is 23.9 Å². The van der Waals surface area contributed by atoms with E-state index < -0.39 is 17.5 Å². The summed E-state index contributed by atoms with van der Waals surface area (Å²) in [5.74, 6) is 0.559. The van der Waals surface area contributed by atoms with Crippen LogP contribution in [0.1, 0.15) is 28.8 Å². The Balaban J connectivity index is 1.49. The first-order chi connectivity index (χ1) is 13.4. The summed E-state index contributed by atoms with van der Waals surface area (Å²) in [6, 6.07) is 7.84. The number of urea groups is 1. The molecule has 9 heteroatoms. The molecule has 1 unspecified atom stereocenters. The largest absolute Gasteiger partial charge is 0.463 e. The molecule has 0 saturated carbocycles. The van der Waals surface area contributed by atoms with Gasteiger partial charge in [0.15, 0.2) is 11.5 Å². The SMILES string of the molecule is COC(=O)c1ccc(CN2C(=O)NC(C)(Cc3ccc4c(c3)OCO4)C2=O)o1. The standard InChI is InChI=1S/C19H18N2O7/c1-19(8-11-3-5-13-15(7-11)27-10-26-13)17(23)21(18(24)20-19)9-12-4-6-14(28-12)16(22)25-2/h3-7H,8-10H2,1-2H3,(H,20,24). The lowest BCUT2D eigenvalue weighted by Crippen LogP contribution is -2.45. The highest BCUT2D eigenvalue weighted by atomic mass is 16.7. The maximum absolute atomic E-state index is 12.9. The molecule has 1 aromatic carbocycles. The highest BCUT2D eigenvalue weighted by Gasteiger charge is 2.48. The molecular weight excluding hydrogens is 368 g/mol. The van der Waals surface area contributed by atoms with Gasteiger partial charge in [-0.3, -0.25) is 9.69 Å². The van der Waals surface area contributed by atoms with Crippen molar-refractivity contribution in [1.82, 2.24) is 10.2 Å². The fourth-order valence-corrected chi connectivity index (χ4v) is 3.30. The predicted molar refractivity (Wildman–Crippen MR) is 93.8 cm³/mol. The summed E-state index contributed by atoms with van der Waals surface area (Å²) in [5.41, 5.74) is -0.282. The summed E-state index contributed by atoms with van der Waals surface area (Å²) in [7, 11) is 1.24. The summed E-state index contributed by atoms with van der Waals surface area (Å²) in [6.45, 7) is 1.74. The Morgan fingerprint density at radius 1 is 1.21 bits per heavy atom. The second-order valence-electron chi connectivity index (χ2n) is 6.78. The molecule has 3 heterocycles. The molecule has 2 aliphatic rings. The molecule has 28 heavy (non-hydrogen) atoms. The number of nitrogens with zero attached hydrogens (tertiary/aromatic N) is 1. The van der Waals surface area contributed by atoms with Crippen LogP contribution >= 0.6 is 0 Å². The van der Waals surface area contributed by atoms with Crippen LogP contribution in [0.4, 0.5) is 4.79 Å². The first kappa shape index (κ1) is 17.9. The van der Waals surface area contributed by atoms with Crippen LogP contribution in [0.5, 0.6) is 11.5 Å². The van der Waals surface area contributed by atoms with E-state index in [0.29, 0.717) is 17.3 Å². The number of methoxy groups -OCH3 is 1. The first-order valence-corrected chi connectivity index (χ1v) is 8.59. The fraction of sp³-hybridized carbons (Fsp3) is 0.316. The number of hydrogen-bond donors (Lipinski definition) is 1. The highest BCUT2D eigenvalue weighted by Crippen LogP contribution is 2.34. The summed E-state index contributed by atoms with van der Waals surface area (Å²) in [6.07, 6.45) is 0.288. The topological polar surface area (TPSA) is 107 Å². The Bertz CT molecular complexity index is 967. The van der Waals surface area contributed by atoms with E-state index in [-0.39, 0.29) is 31.4 Å². The molecule has 1 saturated heterocycles. The van der Waals surface area contributed by atoms with Crippen LogP contribution in [-0.2, 0) is 22.5 Å². The van der Waals surface area contributed by atoms with Crippen molar-refractivity contribution in [2.45, 2.75) is 25.4 Å². The van der Waals surface area contributed by atoms with Crippen molar-refractivity contribution < 1.29 is 33.0 Å². The van der Waals surface area contributed by atoms with E-state index in [1.165, 1.54) is 19.2 Å². The van der Waals surface area contributed by atoms with Gasteiger partial charge in [-0.1, -0.05) is 6.07 Å². The van der Waals surface area contributed by atoms with Crippen molar-refractivity contribution in [2.24, 2.45) is 0 Å². The number of ether oxygens (including phenoxy) is 3. The van der Waals surface area contributed by atoms with E-state index in [4.69, 9.17) is 13.9 Å². The van der Waals surface area contributed by atoms with E-state index in [1.54, 1.807) is 19.1 Å². The molecule has 146 valence electrons. The van der Waals surface area contributed by atoms with Gasteiger partial charge in [-0.15, -0.1) is 0 Å². The van der Waals surface area contributed by atoms with Gasteiger partial charge in [0, 0.05) is 6.42 Å². The third kappa shape index (κ3) is 3.04. The lowest BCUT2D eigenvalue weighted by molar-refractivity contribution is -0.131. The zero-order valence-corrected chi connectivity index (χ0v) is 15.3. The molecule has 0 radical (unpaired) electrons. The van der Waals surface area contributed by atoms with Crippen LogP contribution in [0.3, 0.4) is 0 Å². The number of rotatable bonds is 5. The van der Waals surface area contributed by atoms with Crippen molar-refractivity contribution in [2.75, 3.05) is 13.9 Å². The molecule has 1 N–H and O–H groups in total. The van der Waals surface area contributed by atoms with Crippen LogP contribution in [0.15, 0.2) is 34.7 Å². The normalized spacial score (nSPS) is 20.4. The molecule has 1 fully saturated rings. The summed E-state index contributed by atoms with van der Waals surface area (Å²) in [4.78, 5) is 37.9. The number of fused-ring (bicyclic) bond motifs is 1. The quantitative estimate of drug-likeness (QED) is 0.617. The molecular formula is C19H18N2O7. The number of carbonyl (C=O) groups is 3. The summed E-state index contributed by atoms with van der Waals surface area (Å²) < 4.78 is 20.6. The Labute approximate surface area is 160 Å². The molecule has 0 bridgehead atoms. The smallest absolute Gasteiger partial charge is 0.373 e. The van der Waals surface area contributed by atoms with E-state index in [9.17, 15) is 14.4 Å². The number of imide groups is 1. The minimum absolute atomic E-state index is 0.00711. The lowest BCUT2D eigenvalue weighted by Gasteiger charge is -2.21. The highest BCUT2D eigenvalue weighted by molar-refractivity contribution is 6.06. The number of benzene rings is 1. The van der Waals surface area contributed by atoms with Crippen LogP contribution in [-0.4, -0.2) is 42.2 Å². The second-order valence-corrected chi connectivity index (χ2v) is 6.78. The first-order valence-electron chi connectivity index (χ1n) is 8.59.